The fraction of sp³-hybridized carbons (Fsp3) is 0.333. The van der Waals surface area contributed by atoms with Crippen molar-refractivity contribution in [1.29, 1.82) is 0 Å². The molecule has 1 aromatic carbocycles. The van der Waals surface area contributed by atoms with Gasteiger partial charge in [0.15, 0.2) is 0 Å². The van der Waals surface area contributed by atoms with Crippen molar-refractivity contribution in [3.05, 3.63) is 39.6 Å². The first-order valence-electron chi connectivity index (χ1n) is 7.50. The van der Waals surface area contributed by atoms with Crippen molar-refractivity contribution >= 4 is 23.3 Å². The number of esters is 1. The van der Waals surface area contributed by atoms with Crippen molar-refractivity contribution in [1.82, 2.24) is 4.90 Å². The van der Waals surface area contributed by atoms with Gasteiger partial charge in [-0.25, -0.2) is 4.79 Å². The van der Waals surface area contributed by atoms with E-state index in [4.69, 9.17) is 5.11 Å². The van der Waals surface area contributed by atoms with Crippen molar-refractivity contribution < 1.29 is 37.9 Å². The van der Waals surface area contributed by atoms with E-state index in [1.54, 1.807) is 0 Å². The summed E-state index contributed by atoms with van der Waals surface area (Å²) in [7, 11) is 1.09. The SMILES string of the molecule is COC(=O)C1=C(Nc2cc([N+](=O)[O-])ccc2OC(F)F)C(=O)N(CCO)C1. The van der Waals surface area contributed by atoms with E-state index in [0.29, 0.717) is 0 Å². The van der Waals surface area contributed by atoms with Gasteiger partial charge < -0.3 is 24.8 Å². The number of nitrogens with zero attached hydrogens (tertiary/aromatic N) is 2. The average molecular weight is 387 g/mol. The Morgan fingerprint density at radius 3 is 2.74 bits per heavy atom. The van der Waals surface area contributed by atoms with Crippen LogP contribution in [-0.4, -0.2) is 60.2 Å². The van der Waals surface area contributed by atoms with Crippen molar-refractivity contribution in [2.75, 3.05) is 32.1 Å². The maximum atomic E-state index is 12.6. The van der Waals surface area contributed by atoms with Gasteiger partial charge in [0.05, 0.1) is 36.4 Å². The largest absolute Gasteiger partial charge is 0.466 e. The Balaban J connectivity index is 2.47. The Bertz CT molecular complexity index is 798. The molecule has 146 valence electrons. The van der Waals surface area contributed by atoms with Gasteiger partial charge in [-0.2, -0.15) is 8.78 Å². The average Bonchev–Trinajstić information content (AvgIpc) is 2.92. The van der Waals surface area contributed by atoms with E-state index in [9.17, 15) is 28.5 Å². The summed E-state index contributed by atoms with van der Waals surface area (Å²) in [5, 5.41) is 22.4. The molecule has 1 aliphatic rings. The summed E-state index contributed by atoms with van der Waals surface area (Å²) in [6.45, 7) is -3.86. The molecular weight excluding hydrogens is 372 g/mol. The van der Waals surface area contributed by atoms with E-state index < -0.39 is 34.8 Å². The first-order valence-corrected chi connectivity index (χ1v) is 7.50. The number of β-amino-alcohol motifs (C(OH)–C–C–N with tert-alkyl or cyclic N) is 1. The van der Waals surface area contributed by atoms with E-state index in [-0.39, 0.29) is 36.7 Å². The Labute approximate surface area is 151 Å². The highest BCUT2D eigenvalue weighted by atomic mass is 19.3. The second-order valence-electron chi connectivity index (χ2n) is 5.24. The van der Waals surface area contributed by atoms with Gasteiger partial charge in [-0.1, -0.05) is 0 Å². The predicted octanol–water partition coefficient (Wildman–Crippen LogP) is 0.870. The molecule has 0 atom stereocenters. The number of carbonyl (C=O) groups excluding carboxylic acids is 2. The van der Waals surface area contributed by atoms with E-state index >= 15 is 0 Å². The minimum Gasteiger partial charge on any atom is -0.466 e. The molecule has 0 saturated carbocycles. The lowest BCUT2D eigenvalue weighted by Crippen LogP contribution is -2.31. The minimum absolute atomic E-state index is 0.0835. The summed E-state index contributed by atoms with van der Waals surface area (Å²) in [6, 6.07) is 2.78. The first kappa shape index (κ1) is 20.0. The number of benzene rings is 1. The molecule has 1 aliphatic heterocycles. The second kappa shape index (κ2) is 8.40. The van der Waals surface area contributed by atoms with Gasteiger partial charge in [-0.05, 0) is 6.07 Å². The van der Waals surface area contributed by atoms with E-state index in [0.717, 1.165) is 30.2 Å². The number of anilines is 1. The summed E-state index contributed by atoms with van der Waals surface area (Å²) >= 11 is 0. The van der Waals surface area contributed by atoms with Gasteiger partial charge in [0.1, 0.15) is 11.4 Å². The summed E-state index contributed by atoms with van der Waals surface area (Å²) in [5.74, 6) is -2.02. The molecule has 1 heterocycles. The van der Waals surface area contributed by atoms with Crippen molar-refractivity contribution in [3.63, 3.8) is 0 Å². The third-order valence-corrected chi connectivity index (χ3v) is 3.60. The molecule has 0 unspecified atom stereocenters. The van der Waals surface area contributed by atoms with Crippen molar-refractivity contribution in [2.45, 2.75) is 6.61 Å². The lowest BCUT2D eigenvalue weighted by Gasteiger charge is -2.16. The molecule has 0 radical (unpaired) electrons. The normalized spacial score (nSPS) is 14.0. The van der Waals surface area contributed by atoms with Gasteiger partial charge in [0.2, 0.25) is 0 Å². The zero-order valence-corrected chi connectivity index (χ0v) is 14.0. The van der Waals surface area contributed by atoms with Crippen LogP contribution in [0.1, 0.15) is 0 Å². The van der Waals surface area contributed by atoms with Gasteiger partial charge in [-0.15, -0.1) is 0 Å². The number of ether oxygens (including phenoxy) is 2. The van der Waals surface area contributed by atoms with E-state index in [2.05, 4.69) is 14.8 Å². The van der Waals surface area contributed by atoms with Crippen molar-refractivity contribution in [2.24, 2.45) is 0 Å². The van der Waals surface area contributed by atoms with Crippen LogP contribution in [0.25, 0.3) is 0 Å². The molecule has 12 heteroatoms. The van der Waals surface area contributed by atoms with Crippen LogP contribution in [0.3, 0.4) is 0 Å². The number of carbonyl (C=O) groups is 2. The number of alkyl halides is 2. The number of aliphatic hydroxyl groups excluding tert-OH is 1. The zero-order valence-electron chi connectivity index (χ0n) is 14.0. The standard InChI is InChI=1S/C15H15F2N3O7/c1-26-14(23)9-7-19(4-5-21)13(22)12(9)18-10-6-8(20(24)25)2-3-11(10)27-15(16)17/h2-3,6,15,18,21H,4-5,7H2,1H3. The van der Waals surface area contributed by atoms with Gasteiger partial charge in [0, 0.05) is 18.7 Å². The highest BCUT2D eigenvalue weighted by molar-refractivity contribution is 6.08. The maximum absolute atomic E-state index is 12.6. The molecule has 0 bridgehead atoms. The third-order valence-electron chi connectivity index (χ3n) is 3.60. The van der Waals surface area contributed by atoms with Crippen LogP contribution in [0.4, 0.5) is 20.2 Å². The van der Waals surface area contributed by atoms with Crippen LogP contribution in [0, 0.1) is 10.1 Å². The Kier molecular flexibility index (Phi) is 6.23. The molecular formula is C15H15F2N3O7. The number of methoxy groups -OCH3 is 1. The summed E-state index contributed by atoms with van der Waals surface area (Å²) in [6.07, 6.45) is 0. The predicted molar refractivity (Wildman–Crippen MR) is 86.1 cm³/mol. The summed E-state index contributed by atoms with van der Waals surface area (Å²) < 4.78 is 34.1. The lowest BCUT2D eigenvalue weighted by molar-refractivity contribution is -0.384. The lowest BCUT2D eigenvalue weighted by atomic mass is 10.2. The number of aliphatic hydroxyl groups is 1. The zero-order chi connectivity index (χ0) is 20.1. The van der Waals surface area contributed by atoms with Gasteiger partial charge >= 0.3 is 12.6 Å². The molecule has 2 N–H and O–H groups in total. The number of hydrogen-bond donors (Lipinski definition) is 2. The molecule has 2 rings (SSSR count). The maximum Gasteiger partial charge on any atom is 0.387 e. The molecule has 0 spiro atoms. The summed E-state index contributed by atoms with van der Waals surface area (Å²) in [4.78, 5) is 35.7. The van der Waals surface area contributed by atoms with Crippen LogP contribution in [0.2, 0.25) is 0 Å². The van der Waals surface area contributed by atoms with Crippen LogP contribution in [0.15, 0.2) is 29.5 Å². The molecule has 0 saturated heterocycles. The molecule has 0 fully saturated rings. The van der Waals surface area contributed by atoms with Crippen LogP contribution < -0.4 is 10.1 Å². The molecule has 10 nitrogen and oxygen atoms in total. The third kappa shape index (κ3) is 4.47. The number of hydrogen-bond acceptors (Lipinski definition) is 8. The number of nitro groups is 1. The number of rotatable bonds is 8. The van der Waals surface area contributed by atoms with Crippen LogP contribution in [-0.2, 0) is 14.3 Å². The Morgan fingerprint density at radius 1 is 1.48 bits per heavy atom. The summed E-state index contributed by atoms with van der Waals surface area (Å²) in [5.41, 5.74) is -1.18. The van der Waals surface area contributed by atoms with Crippen molar-refractivity contribution in [3.8, 4) is 5.75 Å². The second-order valence-corrected chi connectivity index (χ2v) is 5.24. The monoisotopic (exact) mass is 387 g/mol. The number of amides is 1. The quantitative estimate of drug-likeness (QED) is 0.382. The molecule has 0 aromatic heterocycles. The topological polar surface area (TPSA) is 131 Å². The Morgan fingerprint density at radius 2 is 2.19 bits per heavy atom. The fourth-order valence-corrected chi connectivity index (χ4v) is 2.41. The highest BCUT2D eigenvalue weighted by Gasteiger charge is 2.35. The number of nitro benzene ring substituents is 1. The van der Waals surface area contributed by atoms with Gasteiger partial charge in [0.25, 0.3) is 11.6 Å². The number of halogens is 2. The van der Waals surface area contributed by atoms with Crippen LogP contribution >= 0.6 is 0 Å². The fourth-order valence-electron chi connectivity index (χ4n) is 2.41. The number of non-ortho nitro benzene ring substituents is 1. The van der Waals surface area contributed by atoms with E-state index in [1.807, 2.05) is 0 Å². The van der Waals surface area contributed by atoms with Gasteiger partial charge in [-0.3, -0.25) is 14.9 Å². The smallest absolute Gasteiger partial charge is 0.387 e. The highest BCUT2D eigenvalue weighted by Crippen LogP contribution is 2.33. The van der Waals surface area contributed by atoms with E-state index in [1.165, 1.54) is 0 Å². The van der Waals surface area contributed by atoms with Crippen LogP contribution in [0.5, 0.6) is 5.75 Å². The first-order chi connectivity index (χ1) is 12.8. The Hall–Kier alpha value is -3.28. The minimum atomic E-state index is -3.22. The molecule has 0 aliphatic carbocycles. The number of nitrogens with one attached hydrogen (secondary N) is 1. The molecule has 1 amide bonds. The molecule has 1 aromatic rings. The molecule has 27 heavy (non-hydrogen) atoms.